The molecule has 0 saturated heterocycles. The number of ether oxygens (including phenoxy) is 3. The van der Waals surface area contributed by atoms with Gasteiger partial charge >= 0.3 is 0 Å². The molecule has 18 heavy (non-hydrogen) atoms. The van der Waals surface area contributed by atoms with Crippen molar-refractivity contribution >= 4 is 10.1 Å². The van der Waals surface area contributed by atoms with E-state index in [0.29, 0.717) is 22.8 Å². The predicted molar refractivity (Wildman–Crippen MR) is 65.7 cm³/mol. The summed E-state index contributed by atoms with van der Waals surface area (Å²) in [6, 6.07) is 3.22. The zero-order valence-electron chi connectivity index (χ0n) is 10.7. The molecule has 0 aliphatic carbocycles. The van der Waals surface area contributed by atoms with Crippen LogP contribution < -0.4 is 14.2 Å². The van der Waals surface area contributed by atoms with E-state index in [1.54, 1.807) is 12.1 Å². The molecule has 0 aliphatic heterocycles. The highest BCUT2D eigenvalue weighted by Gasteiger charge is 2.13. The van der Waals surface area contributed by atoms with Gasteiger partial charge in [0.05, 0.1) is 34.2 Å². The van der Waals surface area contributed by atoms with Crippen molar-refractivity contribution in [2.24, 2.45) is 0 Å². The first-order chi connectivity index (χ1) is 8.41. The van der Waals surface area contributed by atoms with Crippen LogP contribution in [0, 0.1) is 0 Å². The van der Waals surface area contributed by atoms with Crippen LogP contribution in [0.5, 0.6) is 17.2 Å². The van der Waals surface area contributed by atoms with Crippen LogP contribution in [0.3, 0.4) is 0 Å². The molecule has 1 aromatic carbocycles. The molecule has 0 N–H and O–H groups in total. The van der Waals surface area contributed by atoms with E-state index in [4.69, 9.17) is 18.4 Å². The Kier molecular flexibility index (Phi) is 4.80. The standard InChI is InChI=1S/C11H16O6S/c1-14-9-6-11(16-3)10(15-2)5-8(9)7-17-18(4,12)13/h5-6H,7H2,1-4H3. The van der Waals surface area contributed by atoms with Gasteiger partial charge < -0.3 is 14.2 Å². The molecule has 102 valence electrons. The van der Waals surface area contributed by atoms with Crippen molar-refractivity contribution in [1.82, 2.24) is 0 Å². The highest BCUT2D eigenvalue weighted by Crippen LogP contribution is 2.34. The minimum atomic E-state index is -3.51. The van der Waals surface area contributed by atoms with Gasteiger partial charge in [0.1, 0.15) is 5.75 Å². The number of hydrogen-bond acceptors (Lipinski definition) is 6. The normalized spacial score (nSPS) is 11.1. The summed E-state index contributed by atoms with van der Waals surface area (Å²) in [5.74, 6) is 1.44. The summed E-state index contributed by atoms with van der Waals surface area (Å²) in [4.78, 5) is 0. The van der Waals surface area contributed by atoms with Crippen molar-refractivity contribution in [2.75, 3.05) is 27.6 Å². The SMILES string of the molecule is COc1cc(OC)c(OC)cc1COS(C)(=O)=O. The molecule has 0 atom stereocenters. The van der Waals surface area contributed by atoms with Gasteiger partial charge in [-0.1, -0.05) is 0 Å². The van der Waals surface area contributed by atoms with Crippen LogP contribution in [0.2, 0.25) is 0 Å². The first kappa shape index (κ1) is 14.6. The first-order valence-electron chi connectivity index (χ1n) is 5.04. The van der Waals surface area contributed by atoms with Gasteiger partial charge in [-0.2, -0.15) is 8.42 Å². The van der Waals surface area contributed by atoms with Gasteiger partial charge in [-0.05, 0) is 6.07 Å². The Morgan fingerprint density at radius 2 is 1.44 bits per heavy atom. The maximum atomic E-state index is 11.0. The number of rotatable bonds is 6. The molecule has 0 spiro atoms. The summed E-state index contributed by atoms with van der Waals surface area (Å²) < 4.78 is 42.0. The molecular weight excluding hydrogens is 260 g/mol. The third-order valence-corrected chi connectivity index (χ3v) is 2.76. The highest BCUT2D eigenvalue weighted by molar-refractivity contribution is 7.85. The van der Waals surface area contributed by atoms with Crippen LogP contribution in [-0.2, 0) is 20.9 Å². The number of methoxy groups -OCH3 is 3. The van der Waals surface area contributed by atoms with Crippen molar-refractivity contribution in [1.29, 1.82) is 0 Å². The minimum absolute atomic E-state index is 0.123. The lowest BCUT2D eigenvalue weighted by Crippen LogP contribution is -2.04. The van der Waals surface area contributed by atoms with Crippen LogP contribution >= 0.6 is 0 Å². The summed E-state index contributed by atoms with van der Waals surface area (Å²) >= 11 is 0. The van der Waals surface area contributed by atoms with Crippen LogP contribution in [0.15, 0.2) is 12.1 Å². The van der Waals surface area contributed by atoms with E-state index in [9.17, 15) is 8.42 Å². The molecule has 0 amide bonds. The van der Waals surface area contributed by atoms with E-state index in [2.05, 4.69) is 0 Å². The van der Waals surface area contributed by atoms with Crippen LogP contribution in [0.25, 0.3) is 0 Å². The molecule has 0 saturated carbocycles. The Morgan fingerprint density at radius 1 is 0.944 bits per heavy atom. The fraction of sp³-hybridized carbons (Fsp3) is 0.455. The summed E-state index contributed by atoms with van der Waals surface area (Å²) in [5, 5.41) is 0. The molecule has 0 aromatic heterocycles. The summed E-state index contributed by atoms with van der Waals surface area (Å²) in [6.45, 7) is -0.123. The monoisotopic (exact) mass is 276 g/mol. The second kappa shape index (κ2) is 5.92. The molecule has 0 aliphatic rings. The minimum Gasteiger partial charge on any atom is -0.496 e. The molecule has 6 nitrogen and oxygen atoms in total. The Hall–Kier alpha value is -1.47. The van der Waals surface area contributed by atoms with Crippen molar-refractivity contribution in [2.45, 2.75) is 6.61 Å². The lowest BCUT2D eigenvalue weighted by atomic mass is 10.2. The fourth-order valence-electron chi connectivity index (χ4n) is 1.38. The Labute approximate surface area is 107 Å². The van der Waals surface area contributed by atoms with Crippen LogP contribution in [0.1, 0.15) is 5.56 Å². The highest BCUT2D eigenvalue weighted by atomic mass is 32.2. The van der Waals surface area contributed by atoms with E-state index in [1.807, 2.05) is 0 Å². The maximum Gasteiger partial charge on any atom is 0.264 e. The summed E-state index contributed by atoms with van der Waals surface area (Å²) in [7, 11) is 0.963. The van der Waals surface area contributed by atoms with Crippen molar-refractivity contribution in [3.8, 4) is 17.2 Å². The van der Waals surface area contributed by atoms with Crippen molar-refractivity contribution < 1.29 is 26.8 Å². The van der Waals surface area contributed by atoms with Crippen LogP contribution in [-0.4, -0.2) is 36.0 Å². The molecule has 1 rings (SSSR count). The molecule has 1 aromatic rings. The predicted octanol–water partition coefficient (Wildman–Crippen LogP) is 1.19. The van der Waals surface area contributed by atoms with Gasteiger partial charge in [-0.15, -0.1) is 0 Å². The Bertz CT molecular complexity index is 509. The molecular formula is C11H16O6S. The number of hydrogen-bond donors (Lipinski definition) is 0. The van der Waals surface area contributed by atoms with E-state index in [-0.39, 0.29) is 6.61 Å². The second-order valence-electron chi connectivity index (χ2n) is 3.49. The molecule has 0 fully saturated rings. The number of benzene rings is 1. The molecule has 0 heterocycles. The zero-order valence-corrected chi connectivity index (χ0v) is 11.5. The third kappa shape index (κ3) is 3.78. The van der Waals surface area contributed by atoms with Crippen LogP contribution in [0.4, 0.5) is 0 Å². The lowest BCUT2D eigenvalue weighted by molar-refractivity contribution is 0.298. The average molecular weight is 276 g/mol. The largest absolute Gasteiger partial charge is 0.496 e. The van der Waals surface area contributed by atoms with E-state index in [0.717, 1.165) is 6.26 Å². The molecule has 0 bridgehead atoms. The molecule has 7 heteroatoms. The van der Waals surface area contributed by atoms with Gasteiger partial charge in [0.2, 0.25) is 0 Å². The Balaban J connectivity index is 3.09. The smallest absolute Gasteiger partial charge is 0.264 e. The van der Waals surface area contributed by atoms with Gasteiger partial charge in [-0.3, -0.25) is 4.18 Å². The van der Waals surface area contributed by atoms with Gasteiger partial charge in [-0.25, -0.2) is 0 Å². The van der Waals surface area contributed by atoms with Gasteiger partial charge in [0, 0.05) is 11.6 Å². The quantitative estimate of drug-likeness (QED) is 0.727. The summed E-state index contributed by atoms with van der Waals surface area (Å²) in [6.07, 6.45) is 0.986. The third-order valence-electron chi connectivity index (χ3n) is 2.22. The molecule has 0 unspecified atom stereocenters. The zero-order chi connectivity index (χ0) is 13.8. The van der Waals surface area contributed by atoms with Crippen molar-refractivity contribution in [3.63, 3.8) is 0 Å². The lowest BCUT2D eigenvalue weighted by Gasteiger charge is -2.13. The van der Waals surface area contributed by atoms with E-state index in [1.165, 1.54) is 21.3 Å². The Morgan fingerprint density at radius 3 is 1.89 bits per heavy atom. The van der Waals surface area contributed by atoms with E-state index >= 15 is 0 Å². The van der Waals surface area contributed by atoms with Gasteiger partial charge in [0.15, 0.2) is 11.5 Å². The topological polar surface area (TPSA) is 71.1 Å². The first-order valence-corrected chi connectivity index (χ1v) is 6.86. The second-order valence-corrected chi connectivity index (χ2v) is 5.13. The van der Waals surface area contributed by atoms with Gasteiger partial charge in [0.25, 0.3) is 10.1 Å². The summed E-state index contributed by atoms with van der Waals surface area (Å²) in [5.41, 5.74) is 0.556. The fourth-order valence-corrected chi connectivity index (χ4v) is 1.72. The van der Waals surface area contributed by atoms with E-state index < -0.39 is 10.1 Å². The maximum absolute atomic E-state index is 11.0. The molecule has 0 radical (unpaired) electrons. The van der Waals surface area contributed by atoms with Crippen molar-refractivity contribution in [3.05, 3.63) is 17.7 Å². The average Bonchev–Trinajstić information content (AvgIpc) is 2.34.